The van der Waals surface area contributed by atoms with E-state index < -0.39 is 0 Å². The third-order valence-corrected chi connectivity index (χ3v) is 3.05. The molecule has 1 aromatic heterocycles. The first-order valence-electron chi connectivity index (χ1n) is 6.17. The van der Waals surface area contributed by atoms with Gasteiger partial charge in [0.25, 0.3) is 5.91 Å². The Hall–Kier alpha value is -2.12. The van der Waals surface area contributed by atoms with Crippen LogP contribution in [0.3, 0.4) is 0 Å². The molecule has 1 fully saturated rings. The Balaban J connectivity index is 2.03. The van der Waals surface area contributed by atoms with E-state index in [0.717, 1.165) is 12.8 Å². The molecule has 104 valence electrons. The Bertz CT molecular complexity index is 473. The number of hydrogen-bond donors (Lipinski definition) is 1. The van der Waals surface area contributed by atoms with Crippen LogP contribution >= 0.6 is 0 Å². The maximum absolute atomic E-state index is 12.1. The molecule has 1 aliphatic rings. The minimum Gasteiger partial charge on any atom is -0.466 e. The third kappa shape index (κ3) is 2.83. The highest BCUT2D eigenvalue weighted by molar-refractivity contribution is 5.96. The molecule has 0 aliphatic carbocycles. The monoisotopic (exact) mass is 268 g/mol. The van der Waals surface area contributed by atoms with Gasteiger partial charge in [-0.25, -0.2) is 4.63 Å². The average molecular weight is 268 g/mol. The Morgan fingerprint density at radius 3 is 2.95 bits per heavy atom. The van der Waals surface area contributed by atoms with Crippen LogP contribution in [0, 0.1) is 5.92 Å². The Kier molecular flexibility index (Phi) is 3.98. The number of rotatable bonds is 3. The fourth-order valence-corrected chi connectivity index (χ4v) is 2.11. The summed E-state index contributed by atoms with van der Waals surface area (Å²) in [5.41, 5.74) is 5.47. The number of nitrogens with two attached hydrogens (primary N) is 1. The first kappa shape index (κ1) is 13.3. The summed E-state index contributed by atoms with van der Waals surface area (Å²) in [7, 11) is 0. The predicted octanol–water partition coefficient (Wildman–Crippen LogP) is 0.0671. The van der Waals surface area contributed by atoms with E-state index in [1.807, 2.05) is 0 Å². The van der Waals surface area contributed by atoms with Gasteiger partial charge < -0.3 is 15.4 Å². The van der Waals surface area contributed by atoms with Gasteiger partial charge in [0.2, 0.25) is 11.5 Å². The zero-order valence-corrected chi connectivity index (χ0v) is 10.7. The average Bonchev–Trinajstić information content (AvgIpc) is 2.84. The molecular weight excluding hydrogens is 252 g/mol. The molecule has 0 bridgehead atoms. The molecule has 0 saturated carbocycles. The molecule has 1 amide bonds. The number of piperidine rings is 1. The van der Waals surface area contributed by atoms with Crippen LogP contribution in [-0.2, 0) is 9.53 Å². The fraction of sp³-hybridized carbons (Fsp3) is 0.636. The summed E-state index contributed by atoms with van der Waals surface area (Å²) < 4.78 is 9.38. The first-order chi connectivity index (χ1) is 9.13. The molecule has 0 radical (unpaired) electrons. The molecular formula is C11H16N4O4. The molecule has 2 rings (SSSR count). The lowest BCUT2D eigenvalue weighted by Gasteiger charge is -2.30. The zero-order valence-electron chi connectivity index (χ0n) is 10.7. The number of hydrogen-bond acceptors (Lipinski definition) is 7. The normalized spacial score (nSPS) is 19.2. The number of likely N-dealkylation sites (tertiary alicyclic amines) is 1. The summed E-state index contributed by atoms with van der Waals surface area (Å²) in [4.78, 5) is 25.4. The largest absolute Gasteiger partial charge is 0.466 e. The van der Waals surface area contributed by atoms with Crippen LogP contribution in [0.4, 0.5) is 5.82 Å². The van der Waals surface area contributed by atoms with Crippen LogP contribution < -0.4 is 5.73 Å². The minimum atomic E-state index is -0.368. The molecule has 1 saturated heterocycles. The van der Waals surface area contributed by atoms with Crippen molar-refractivity contribution in [3.8, 4) is 0 Å². The van der Waals surface area contributed by atoms with Gasteiger partial charge in [0, 0.05) is 13.1 Å². The fourth-order valence-electron chi connectivity index (χ4n) is 2.11. The van der Waals surface area contributed by atoms with Crippen molar-refractivity contribution in [3.63, 3.8) is 0 Å². The van der Waals surface area contributed by atoms with Gasteiger partial charge in [-0.15, -0.1) is 0 Å². The van der Waals surface area contributed by atoms with Gasteiger partial charge in [-0.05, 0) is 30.1 Å². The number of nitrogen functional groups attached to an aromatic ring is 1. The van der Waals surface area contributed by atoms with Crippen molar-refractivity contribution in [2.24, 2.45) is 5.92 Å². The second-order valence-electron chi connectivity index (χ2n) is 4.34. The summed E-state index contributed by atoms with van der Waals surface area (Å²) in [6.45, 7) is 2.96. The number of carbonyl (C=O) groups is 2. The number of aromatic nitrogens is 2. The van der Waals surface area contributed by atoms with Crippen molar-refractivity contribution >= 4 is 17.7 Å². The number of esters is 1. The second-order valence-corrected chi connectivity index (χ2v) is 4.34. The minimum absolute atomic E-state index is 0.00971. The van der Waals surface area contributed by atoms with Gasteiger partial charge in [-0.1, -0.05) is 0 Å². The van der Waals surface area contributed by atoms with Crippen molar-refractivity contribution in [2.75, 3.05) is 25.4 Å². The zero-order chi connectivity index (χ0) is 13.8. The molecule has 8 heteroatoms. The molecule has 1 unspecified atom stereocenters. The van der Waals surface area contributed by atoms with Crippen LogP contribution in [0.2, 0.25) is 0 Å². The SMILES string of the molecule is CCOC(=O)C1CCCN(C(=O)c2nonc2N)C1. The highest BCUT2D eigenvalue weighted by Gasteiger charge is 2.31. The number of amides is 1. The Morgan fingerprint density at radius 1 is 1.53 bits per heavy atom. The molecule has 2 heterocycles. The number of ether oxygens (including phenoxy) is 1. The lowest BCUT2D eigenvalue weighted by molar-refractivity contribution is -0.149. The maximum Gasteiger partial charge on any atom is 0.310 e. The molecule has 19 heavy (non-hydrogen) atoms. The van der Waals surface area contributed by atoms with Crippen molar-refractivity contribution in [2.45, 2.75) is 19.8 Å². The van der Waals surface area contributed by atoms with Crippen molar-refractivity contribution in [1.82, 2.24) is 15.2 Å². The third-order valence-electron chi connectivity index (χ3n) is 3.05. The summed E-state index contributed by atoms with van der Waals surface area (Å²) in [5.74, 6) is -0.971. The lowest BCUT2D eigenvalue weighted by Crippen LogP contribution is -2.43. The summed E-state index contributed by atoms with van der Waals surface area (Å²) in [6, 6.07) is 0. The predicted molar refractivity (Wildman–Crippen MR) is 64.0 cm³/mol. The van der Waals surface area contributed by atoms with Crippen molar-refractivity contribution in [1.29, 1.82) is 0 Å². The maximum atomic E-state index is 12.1. The van der Waals surface area contributed by atoms with Gasteiger partial charge in [-0.3, -0.25) is 9.59 Å². The van der Waals surface area contributed by atoms with E-state index in [1.165, 1.54) is 4.90 Å². The van der Waals surface area contributed by atoms with E-state index in [2.05, 4.69) is 14.9 Å². The summed E-state index contributed by atoms with van der Waals surface area (Å²) in [6.07, 6.45) is 1.45. The smallest absolute Gasteiger partial charge is 0.310 e. The standard InChI is InChI=1S/C11H16N4O4/c1-2-18-11(17)7-4-3-5-15(6-7)10(16)8-9(12)14-19-13-8/h7H,2-6H2,1H3,(H2,12,14). The Labute approximate surface area is 109 Å². The molecule has 8 nitrogen and oxygen atoms in total. The molecule has 1 aliphatic heterocycles. The molecule has 0 aromatic carbocycles. The number of nitrogens with zero attached hydrogens (tertiary/aromatic N) is 3. The van der Waals surface area contributed by atoms with E-state index in [1.54, 1.807) is 6.92 Å². The van der Waals surface area contributed by atoms with Gasteiger partial charge in [0.15, 0.2) is 0 Å². The van der Waals surface area contributed by atoms with Crippen LogP contribution in [0.15, 0.2) is 4.63 Å². The van der Waals surface area contributed by atoms with E-state index in [4.69, 9.17) is 10.5 Å². The number of carbonyl (C=O) groups excluding carboxylic acids is 2. The molecule has 1 atom stereocenters. The molecule has 2 N–H and O–H groups in total. The second kappa shape index (κ2) is 5.68. The number of anilines is 1. The first-order valence-corrected chi connectivity index (χ1v) is 6.17. The quantitative estimate of drug-likeness (QED) is 0.772. The summed E-state index contributed by atoms with van der Waals surface area (Å²) >= 11 is 0. The van der Waals surface area contributed by atoms with Crippen LogP contribution in [0.5, 0.6) is 0 Å². The van der Waals surface area contributed by atoms with E-state index in [9.17, 15) is 9.59 Å². The molecule has 0 spiro atoms. The van der Waals surface area contributed by atoms with E-state index >= 15 is 0 Å². The highest BCUT2D eigenvalue weighted by atomic mass is 16.6. The van der Waals surface area contributed by atoms with Crippen LogP contribution in [-0.4, -0.2) is 46.8 Å². The van der Waals surface area contributed by atoms with Crippen LogP contribution in [0.1, 0.15) is 30.3 Å². The highest BCUT2D eigenvalue weighted by Crippen LogP contribution is 2.20. The van der Waals surface area contributed by atoms with Gasteiger partial charge in [0.05, 0.1) is 12.5 Å². The topological polar surface area (TPSA) is 112 Å². The van der Waals surface area contributed by atoms with Crippen LogP contribution in [0.25, 0.3) is 0 Å². The van der Waals surface area contributed by atoms with E-state index in [-0.39, 0.29) is 29.3 Å². The van der Waals surface area contributed by atoms with Gasteiger partial charge >= 0.3 is 5.97 Å². The van der Waals surface area contributed by atoms with E-state index in [0.29, 0.717) is 19.7 Å². The van der Waals surface area contributed by atoms with Gasteiger partial charge in [0.1, 0.15) is 0 Å². The van der Waals surface area contributed by atoms with Crippen molar-refractivity contribution in [3.05, 3.63) is 5.69 Å². The van der Waals surface area contributed by atoms with Gasteiger partial charge in [-0.2, -0.15) is 0 Å². The van der Waals surface area contributed by atoms with Crippen molar-refractivity contribution < 1.29 is 19.0 Å². The summed E-state index contributed by atoms with van der Waals surface area (Å²) in [5, 5.41) is 6.85. The Morgan fingerprint density at radius 2 is 2.32 bits per heavy atom. The molecule has 1 aromatic rings. The lowest BCUT2D eigenvalue weighted by atomic mass is 9.98.